The largest absolute Gasteiger partial charge is 0.407 e. The molecule has 0 aromatic heterocycles. The van der Waals surface area contributed by atoms with Crippen molar-refractivity contribution in [1.29, 1.82) is 0 Å². The van der Waals surface area contributed by atoms with Crippen molar-refractivity contribution in [3.63, 3.8) is 0 Å². The van der Waals surface area contributed by atoms with Gasteiger partial charge in [0, 0.05) is 0 Å². The summed E-state index contributed by atoms with van der Waals surface area (Å²) in [5.41, 5.74) is 3.23. The van der Waals surface area contributed by atoms with E-state index in [9.17, 15) is 9.59 Å². The molecule has 0 fully saturated rings. The van der Waals surface area contributed by atoms with Crippen LogP contribution in [0.4, 0.5) is 0 Å². The van der Waals surface area contributed by atoms with Gasteiger partial charge in [-0.2, -0.15) is 0 Å². The number of rotatable bonds is 12. The maximum atomic E-state index is 11.4. The zero-order valence-corrected chi connectivity index (χ0v) is 25.3. The van der Waals surface area contributed by atoms with E-state index in [1.165, 1.54) is 0 Å². The molecule has 0 N–H and O–H groups in total. The summed E-state index contributed by atoms with van der Waals surface area (Å²) >= 11 is 0. The Morgan fingerprint density at radius 1 is 0.581 bits per heavy atom. The molecule has 0 spiro atoms. The SMILES string of the molecule is CC(=O)[C@H](C)O[Si](C(C)C)(C(C)C)C(C)C.CC(C)[Si](O[C@@H](C)C=O)(C(C)C)C(C)C. The topological polar surface area (TPSA) is 52.6 Å². The van der Waals surface area contributed by atoms with E-state index in [-0.39, 0.29) is 18.0 Å². The first-order valence-corrected chi connectivity index (χ1v) is 16.5. The molecule has 6 heteroatoms. The summed E-state index contributed by atoms with van der Waals surface area (Å²) in [6, 6.07) is 0. The summed E-state index contributed by atoms with van der Waals surface area (Å²) in [6.45, 7) is 32.1. The molecule has 0 aliphatic heterocycles. The maximum Gasteiger partial charge on any atom is 0.201 e. The van der Waals surface area contributed by atoms with E-state index in [1.54, 1.807) is 6.92 Å². The molecule has 0 amide bonds. The Morgan fingerprint density at radius 3 is 1.03 bits per heavy atom. The molecule has 0 aromatic carbocycles. The lowest BCUT2D eigenvalue weighted by Gasteiger charge is -2.43. The van der Waals surface area contributed by atoms with Gasteiger partial charge in [-0.3, -0.25) is 4.79 Å². The number of ketones is 1. The average molecular weight is 475 g/mol. The van der Waals surface area contributed by atoms with Gasteiger partial charge < -0.3 is 13.6 Å². The second-order valence-electron chi connectivity index (χ2n) is 11.0. The number of hydrogen-bond acceptors (Lipinski definition) is 4. The van der Waals surface area contributed by atoms with Crippen molar-refractivity contribution in [3.05, 3.63) is 0 Å². The minimum Gasteiger partial charge on any atom is -0.407 e. The predicted molar refractivity (Wildman–Crippen MR) is 140 cm³/mol. The lowest BCUT2D eigenvalue weighted by molar-refractivity contribution is -0.123. The van der Waals surface area contributed by atoms with Gasteiger partial charge in [0.2, 0.25) is 16.6 Å². The van der Waals surface area contributed by atoms with Crippen LogP contribution < -0.4 is 0 Å². The molecule has 0 rings (SSSR count). The number of aldehydes is 1. The van der Waals surface area contributed by atoms with E-state index in [1.807, 2.05) is 13.8 Å². The van der Waals surface area contributed by atoms with Crippen molar-refractivity contribution < 1.29 is 18.4 Å². The van der Waals surface area contributed by atoms with Crippen LogP contribution in [0.15, 0.2) is 0 Å². The Kier molecular flexibility index (Phi) is 14.9. The lowest BCUT2D eigenvalue weighted by Crippen LogP contribution is -2.50. The summed E-state index contributed by atoms with van der Waals surface area (Å²) in [7, 11) is -3.72. The fraction of sp³-hybridized carbons (Fsp3) is 0.920. The third-order valence-corrected chi connectivity index (χ3v) is 19.3. The molecule has 0 heterocycles. The van der Waals surface area contributed by atoms with Crippen molar-refractivity contribution in [2.45, 2.75) is 149 Å². The minimum absolute atomic E-state index is 0.138. The Bertz CT molecular complexity index is 484. The van der Waals surface area contributed by atoms with Gasteiger partial charge >= 0.3 is 0 Å². The number of Topliss-reactive ketones (excluding diaryl/α,β-unsaturated/α-hetero) is 1. The monoisotopic (exact) mass is 474 g/mol. The van der Waals surface area contributed by atoms with Crippen LogP contribution in [0.2, 0.25) is 33.2 Å². The molecule has 31 heavy (non-hydrogen) atoms. The Morgan fingerprint density at radius 2 is 0.839 bits per heavy atom. The van der Waals surface area contributed by atoms with Crippen LogP contribution in [0.5, 0.6) is 0 Å². The van der Waals surface area contributed by atoms with Crippen molar-refractivity contribution in [3.8, 4) is 0 Å². The molecule has 0 aliphatic carbocycles. The molecule has 0 bridgehead atoms. The third-order valence-electron chi connectivity index (χ3n) is 6.95. The molecule has 0 saturated carbocycles. The highest BCUT2D eigenvalue weighted by Gasteiger charge is 2.47. The highest BCUT2D eigenvalue weighted by atomic mass is 28.4. The van der Waals surface area contributed by atoms with Gasteiger partial charge in [0.15, 0.2) is 5.78 Å². The molecule has 0 radical (unpaired) electrons. The first-order valence-electron chi connectivity index (χ1n) is 12.3. The average Bonchev–Trinajstić information content (AvgIpc) is 2.61. The molecule has 0 aromatic rings. The van der Waals surface area contributed by atoms with Gasteiger partial charge in [0.1, 0.15) is 12.4 Å². The zero-order valence-electron chi connectivity index (χ0n) is 23.3. The summed E-state index contributed by atoms with van der Waals surface area (Å²) < 4.78 is 12.4. The normalized spacial score (nSPS) is 15.0. The van der Waals surface area contributed by atoms with E-state index in [2.05, 4.69) is 83.1 Å². The lowest BCUT2D eigenvalue weighted by atomic mass is 10.3. The molecule has 186 valence electrons. The summed E-state index contributed by atoms with van der Waals surface area (Å²) in [5, 5.41) is 0. The highest BCUT2D eigenvalue weighted by molar-refractivity contribution is 6.78. The van der Waals surface area contributed by atoms with Crippen LogP contribution in [0.1, 0.15) is 104 Å². The van der Waals surface area contributed by atoms with E-state index >= 15 is 0 Å². The van der Waals surface area contributed by atoms with Crippen molar-refractivity contribution >= 4 is 28.7 Å². The molecule has 2 atom stereocenters. The minimum atomic E-state index is -1.87. The van der Waals surface area contributed by atoms with Crippen LogP contribution in [0.25, 0.3) is 0 Å². The third kappa shape index (κ3) is 8.52. The number of carbonyl (C=O) groups excluding carboxylic acids is 2. The standard InChI is InChI=1S/C13H28O2Si.C12H26O2Si/c1-9(2)16(10(3)4,11(5)6)15-13(8)12(7)14;1-9(2)15(10(3)4,11(5)6)14-12(7)8-13/h9-11,13H,1-8H3;8-12H,1-7H3/t13-;12-/m00/s1. The van der Waals surface area contributed by atoms with Gasteiger partial charge in [0.05, 0.1) is 6.10 Å². The molecular formula is C25H54O4Si2. The summed E-state index contributed by atoms with van der Waals surface area (Å²) in [6.07, 6.45) is 0.400. The van der Waals surface area contributed by atoms with E-state index in [0.29, 0.717) is 33.2 Å². The maximum absolute atomic E-state index is 11.4. The fourth-order valence-electron chi connectivity index (χ4n) is 5.56. The first-order chi connectivity index (χ1) is 13.9. The van der Waals surface area contributed by atoms with Crippen LogP contribution >= 0.6 is 0 Å². The van der Waals surface area contributed by atoms with Gasteiger partial charge in [0.25, 0.3) is 0 Å². The Balaban J connectivity index is 0. The van der Waals surface area contributed by atoms with Crippen molar-refractivity contribution in [2.75, 3.05) is 0 Å². The van der Waals surface area contributed by atoms with E-state index in [0.717, 1.165) is 6.29 Å². The fourth-order valence-corrected chi connectivity index (χ4v) is 16.7. The second-order valence-corrected chi connectivity index (χ2v) is 21.8. The molecule has 0 aliphatic rings. The molecular weight excluding hydrogens is 420 g/mol. The molecule has 4 nitrogen and oxygen atoms in total. The Hall–Kier alpha value is -0.306. The van der Waals surface area contributed by atoms with Crippen LogP contribution in [0, 0.1) is 0 Å². The summed E-state index contributed by atoms with van der Waals surface area (Å²) in [5.74, 6) is 0.138. The van der Waals surface area contributed by atoms with E-state index < -0.39 is 16.6 Å². The van der Waals surface area contributed by atoms with Gasteiger partial charge in [-0.1, -0.05) is 83.1 Å². The first kappa shape index (κ1) is 32.9. The van der Waals surface area contributed by atoms with Gasteiger partial charge in [-0.05, 0) is 54.0 Å². The van der Waals surface area contributed by atoms with Gasteiger partial charge in [-0.25, -0.2) is 0 Å². The quantitative estimate of drug-likeness (QED) is 0.213. The van der Waals surface area contributed by atoms with Crippen LogP contribution in [0.3, 0.4) is 0 Å². The van der Waals surface area contributed by atoms with Crippen LogP contribution in [-0.2, 0) is 18.4 Å². The second kappa shape index (κ2) is 14.1. The zero-order chi connectivity index (χ0) is 25.3. The van der Waals surface area contributed by atoms with Crippen molar-refractivity contribution in [2.24, 2.45) is 0 Å². The van der Waals surface area contributed by atoms with Gasteiger partial charge in [-0.15, -0.1) is 0 Å². The number of carbonyl (C=O) groups is 2. The van der Waals surface area contributed by atoms with E-state index in [4.69, 9.17) is 8.85 Å². The van der Waals surface area contributed by atoms with Crippen molar-refractivity contribution in [1.82, 2.24) is 0 Å². The molecule has 0 unspecified atom stereocenters. The Labute approximate surface area is 196 Å². The summed E-state index contributed by atoms with van der Waals surface area (Å²) in [4.78, 5) is 22.1. The smallest absolute Gasteiger partial charge is 0.201 e. The van der Waals surface area contributed by atoms with Crippen LogP contribution in [-0.4, -0.2) is 40.9 Å². The highest BCUT2D eigenvalue weighted by Crippen LogP contribution is 2.43. The molecule has 0 saturated heterocycles. The number of hydrogen-bond donors (Lipinski definition) is 0. The predicted octanol–water partition coefficient (Wildman–Crippen LogP) is 7.92.